The molecule has 0 saturated heterocycles. The third-order valence-corrected chi connectivity index (χ3v) is 4.56. The van der Waals surface area contributed by atoms with E-state index in [4.69, 9.17) is 16.6 Å². The summed E-state index contributed by atoms with van der Waals surface area (Å²) in [6.07, 6.45) is 5.18. The molecule has 1 nitrogen and oxygen atoms in total. The van der Waals surface area contributed by atoms with E-state index in [1.54, 1.807) is 0 Å². The number of halogens is 1. The van der Waals surface area contributed by atoms with Crippen LogP contribution in [0.25, 0.3) is 10.9 Å². The maximum Gasteiger partial charge on any atom is 0.0752 e. The second-order valence-corrected chi connectivity index (χ2v) is 5.82. The first-order chi connectivity index (χ1) is 8.66. The summed E-state index contributed by atoms with van der Waals surface area (Å²) in [6.45, 7) is 4.27. The summed E-state index contributed by atoms with van der Waals surface area (Å²) in [5.41, 5.74) is 4.83. The highest BCUT2D eigenvalue weighted by Crippen LogP contribution is 2.36. The highest BCUT2D eigenvalue weighted by Gasteiger charge is 2.20. The molecule has 1 aliphatic rings. The smallest absolute Gasteiger partial charge is 0.0752 e. The van der Waals surface area contributed by atoms with Gasteiger partial charge in [0.05, 0.1) is 10.5 Å². The van der Waals surface area contributed by atoms with Crippen LogP contribution in [0.4, 0.5) is 0 Å². The van der Waals surface area contributed by atoms with Crippen molar-refractivity contribution in [1.82, 2.24) is 4.98 Å². The van der Waals surface area contributed by atoms with E-state index in [0.29, 0.717) is 5.92 Å². The Hall–Kier alpha value is -1.08. The molecule has 0 radical (unpaired) electrons. The molecule has 0 amide bonds. The monoisotopic (exact) mass is 259 g/mol. The van der Waals surface area contributed by atoms with Crippen LogP contribution in [0.15, 0.2) is 18.2 Å². The number of hydrogen-bond donors (Lipinski definition) is 0. The molecule has 1 fully saturated rings. The lowest BCUT2D eigenvalue weighted by Crippen LogP contribution is -1.99. The Balaban J connectivity index is 2.21. The molecular formula is C16H18ClN. The minimum absolute atomic E-state index is 0.617. The van der Waals surface area contributed by atoms with Crippen LogP contribution in [-0.4, -0.2) is 4.98 Å². The van der Waals surface area contributed by atoms with Gasteiger partial charge in [-0.3, -0.25) is 4.98 Å². The van der Waals surface area contributed by atoms with Crippen molar-refractivity contribution >= 4 is 22.5 Å². The van der Waals surface area contributed by atoms with Gasteiger partial charge in [0.25, 0.3) is 0 Å². The Bertz CT molecular complexity index is 598. The van der Waals surface area contributed by atoms with Crippen molar-refractivity contribution in [3.8, 4) is 0 Å². The van der Waals surface area contributed by atoms with E-state index < -0.39 is 0 Å². The van der Waals surface area contributed by atoms with Crippen LogP contribution >= 0.6 is 11.6 Å². The summed E-state index contributed by atoms with van der Waals surface area (Å²) < 4.78 is 0. The number of nitrogens with zero attached hydrogens (tertiary/aromatic N) is 1. The Kier molecular flexibility index (Phi) is 3.03. The average Bonchev–Trinajstić information content (AvgIpc) is 2.88. The number of aryl methyl sites for hydroxylation is 2. The van der Waals surface area contributed by atoms with Crippen molar-refractivity contribution in [2.24, 2.45) is 0 Å². The fraction of sp³-hybridized carbons (Fsp3) is 0.438. The van der Waals surface area contributed by atoms with Crippen molar-refractivity contribution in [1.29, 1.82) is 0 Å². The van der Waals surface area contributed by atoms with E-state index in [1.807, 2.05) is 0 Å². The second kappa shape index (κ2) is 4.55. The lowest BCUT2D eigenvalue weighted by molar-refractivity contribution is 0.701. The molecule has 1 aliphatic carbocycles. The van der Waals surface area contributed by atoms with Crippen molar-refractivity contribution in [3.05, 3.63) is 40.0 Å². The molecule has 1 aromatic carbocycles. The molecular weight excluding hydrogens is 242 g/mol. The van der Waals surface area contributed by atoms with E-state index in [9.17, 15) is 0 Å². The van der Waals surface area contributed by atoms with Crippen molar-refractivity contribution < 1.29 is 0 Å². The van der Waals surface area contributed by atoms with Gasteiger partial charge >= 0.3 is 0 Å². The van der Waals surface area contributed by atoms with Gasteiger partial charge in [0.1, 0.15) is 0 Å². The number of benzene rings is 1. The van der Waals surface area contributed by atoms with Gasteiger partial charge < -0.3 is 0 Å². The predicted molar refractivity (Wildman–Crippen MR) is 77.4 cm³/mol. The molecule has 94 valence electrons. The van der Waals surface area contributed by atoms with E-state index in [-0.39, 0.29) is 0 Å². The fourth-order valence-electron chi connectivity index (χ4n) is 2.94. The maximum atomic E-state index is 6.42. The van der Waals surface area contributed by atoms with Crippen LogP contribution in [0.1, 0.15) is 48.4 Å². The number of fused-ring (bicyclic) bond motifs is 1. The lowest BCUT2D eigenvalue weighted by atomic mass is 10.00. The van der Waals surface area contributed by atoms with Crippen LogP contribution < -0.4 is 0 Å². The zero-order valence-electron chi connectivity index (χ0n) is 11.0. The Labute approximate surface area is 113 Å². The predicted octanol–water partition coefficient (Wildman–Crippen LogP) is 5.16. The first-order valence-corrected chi connectivity index (χ1v) is 7.11. The molecule has 0 bridgehead atoms. The maximum absolute atomic E-state index is 6.42. The molecule has 0 atom stereocenters. The average molecular weight is 260 g/mol. The normalized spacial score (nSPS) is 16.6. The molecule has 0 spiro atoms. The fourth-order valence-corrected chi connectivity index (χ4v) is 3.20. The van der Waals surface area contributed by atoms with Gasteiger partial charge in [-0.25, -0.2) is 0 Å². The Morgan fingerprint density at radius 3 is 2.61 bits per heavy atom. The second-order valence-electron chi connectivity index (χ2n) is 5.41. The quantitative estimate of drug-likeness (QED) is 0.689. The number of pyridine rings is 1. The number of rotatable bonds is 1. The summed E-state index contributed by atoms with van der Waals surface area (Å²) in [4.78, 5) is 4.89. The minimum atomic E-state index is 0.617. The van der Waals surface area contributed by atoms with Gasteiger partial charge in [0, 0.05) is 17.0 Å². The largest absolute Gasteiger partial charge is 0.252 e. The lowest BCUT2D eigenvalue weighted by Gasteiger charge is -2.13. The van der Waals surface area contributed by atoms with E-state index >= 15 is 0 Å². The van der Waals surface area contributed by atoms with E-state index in [0.717, 1.165) is 15.9 Å². The molecule has 2 heteroatoms. The Morgan fingerprint density at radius 2 is 1.89 bits per heavy atom. The summed E-state index contributed by atoms with van der Waals surface area (Å²) in [5.74, 6) is 0.617. The van der Waals surface area contributed by atoms with Gasteiger partial charge in [0.15, 0.2) is 0 Å². The third kappa shape index (κ3) is 1.91. The minimum Gasteiger partial charge on any atom is -0.252 e. The molecule has 18 heavy (non-hydrogen) atoms. The van der Waals surface area contributed by atoms with Gasteiger partial charge in [-0.1, -0.05) is 36.6 Å². The van der Waals surface area contributed by atoms with Crippen LogP contribution in [0.2, 0.25) is 5.02 Å². The van der Waals surface area contributed by atoms with Crippen LogP contribution in [0, 0.1) is 13.8 Å². The molecule has 1 aromatic heterocycles. The zero-order chi connectivity index (χ0) is 12.7. The first-order valence-electron chi connectivity index (χ1n) is 6.73. The molecule has 2 aromatic rings. The van der Waals surface area contributed by atoms with Crippen molar-refractivity contribution in [2.45, 2.75) is 45.4 Å². The zero-order valence-corrected chi connectivity index (χ0v) is 11.7. The molecule has 1 saturated carbocycles. The van der Waals surface area contributed by atoms with Crippen LogP contribution in [0.5, 0.6) is 0 Å². The van der Waals surface area contributed by atoms with Gasteiger partial charge in [-0.05, 0) is 43.9 Å². The third-order valence-electron chi connectivity index (χ3n) is 4.25. The molecule has 3 rings (SSSR count). The summed E-state index contributed by atoms with van der Waals surface area (Å²) in [6, 6.07) is 6.29. The molecule has 0 aliphatic heterocycles. The van der Waals surface area contributed by atoms with Crippen LogP contribution in [-0.2, 0) is 0 Å². The Morgan fingerprint density at radius 1 is 1.17 bits per heavy atom. The first kappa shape index (κ1) is 12.0. The highest BCUT2D eigenvalue weighted by molar-refractivity contribution is 6.35. The SMILES string of the molecule is Cc1ccc2c(Cl)cc(C3CCCC3)nc2c1C. The summed E-state index contributed by atoms with van der Waals surface area (Å²) >= 11 is 6.42. The number of aromatic nitrogens is 1. The van der Waals surface area contributed by atoms with Gasteiger partial charge in [0.2, 0.25) is 0 Å². The molecule has 1 heterocycles. The van der Waals surface area contributed by atoms with Gasteiger partial charge in [-0.15, -0.1) is 0 Å². The summed E-state index contributed by atoms with van der Waals surface area (Å²) in [7, 11) is 0. The molecule has 0 N–H and O–H groups in total. The highest BCUT2D eigenvalue weighted by atomic mass is 35.5. The van der Waals surface area contributed by atoms with Crippen LogP contribution in [0.3, 0.4) is 0 Å². The summed E-state index contributed by atoms with van der Waals surface area (Å²) in [5, 5.41) is 1.94. The topological polar surface area (TPSA) is 12.9 Å². The number of hydrogen-bond acceptors (Lipinski definition) is 1. The van der Waals surface area contributed by atoms with Crippen molar-refractivity contribution in [2.75, 3.05) is 0 Å². The van der Waals surface area contributed by atoms with Gasteiger partial charge in [-0.2, -0.15) is 0 Å². The molecule has 0 unspecified atom stereocenters. The van der Waals surface area contributed by atoms with Crippen molar-refractivity contribution in [3.63, 3.8) is 0 Å². The standard InChI is InChI=1S/C16H18ClN/c1-10-7-8-13-14(17)9-15(12-5-3-4-6-12)18-16(13)11(10)2/h7-9,12H,3-6H2,1-2H3. The van der Waals surface area contributed by atoms with E-state index in [2.05, 4.69) is 32.0 Å². The van der Waals surface area contributed by atoms with E-state index in [1.165, 1.54) is 42.5 Å².